The van der Waals surface area contributed by atoms with Gasteiger partial charge < -0.3 is 25.1 Å². The largest absolute Gasteiger partial charge is 0.477 e. The highest BCUT2D eigenvalue weighted by Crippen LogP contribution is 2.52. The number of carbonyl (C=O) groups is 4. The second-order valence-electron chi connectivity index (χ2n) is 8.68. The van der Waals surface area contributed by atoms with Crippen molar-refractivity contribution in [2.45, 2.75) is 50.1 Å². The molecule has 3 aliphatic heterocycles. The van der Waals surface area contributed by atoms with Gasteiger partial charge in [0, 0.05) is 42.8 Å². The quantitative estimate of drug-likeness (QED) is 0.256. The zero-order valence-corrected chi connectivity index (χ0v) is 19.4. The molecule has 3 heterocycles. The van der Waals surface area contributed by atoms with E-state index < -0.39 is 54.2 Å². The first-order valence-corrected chi connectivity index (χ1v) is 11.3. The van der Waals surface area contributed by atoms with E-state index in [-0.39, 0.29) is 16.9 Å². The highest BCUT2D eigenvalue weighted by atomic mass is 32.2. The summed E-state index contributed by atoms with van der Waals surface area (Å²) in [6.07, 6.45) is -1.71. The standard InChI is InChI=1S/C20H27F2N5O5S/c1-8-13-12(9(2)24-17(28)16(21)22)19(30)27(13)14(20(31)32)15(8)33-10-5-11(18(29)25(3)4)26(6-10)7-23/h7-13,16,23H,5-6H2,1-4H3,(H,24,28)(H,31,32)/t8-,9-,10+,11+,12-,13-/m1/s1. The molecule has 3 rings (SSSR count). The number of alkyl halides is 2. The zero-order chi connectivity index (χ0) is 24.8. The third-order valence-electron chi connectivity index (χ3n) is 6.38. The summed E-state index contributed by atoms with van der Waals surface area (Å²) < 4.78 is 25.3. The van der Waals surface area contributed by atoms with Crippen molar-refractivity contribution in [2.75, 3.05) is 20.6 Å². The molecule has 0 unspecified atom stereocenters. The van der Waals surface area contributed by atoms with E-state index in [1.807, 2.05) is 0 Å². The molecule has 3 amide bonds. The number of nitrogens with zero attached hydrogens (tertiary/aromatic N) is 3. The van der Waals surface area contributed by atoms with Crippen LogP contribution in [0.1, 0.15) is 20.3 Å². The number of aliphatic carboxylic acids is 1. The molecule has 0 saturated carbocycles. The number of hydrogen-bond donors (Lipinski definition) is 3. The van der Waals surface area contributed by atoms with Crippen LogP contribution in [0.4, 0.5) is 8.78 Å². The summed E-state index contributed by atoms with van der Waals surface area (Å²) in [6.45, 7) is 3.59. The minimum absolute atomic E-state index is 0.144. The normalized spacial score (nSPS) is 29.7. The molecule has 0 spiro atoms. The van der Waals surface area contributed by atoms with Crippen LogP contribution in [0.3, 0.4) is 0 Å². The lowest BCUT2D eigenvalue weighted by molar-refractivity contribution is -0.159. The molecule has 0 aromatic carbocycles. The molecular weight excluding hydrogens is 460 g/mol. The fraction of sp³-hybridized carbons (Fsp3) is 0.650. The van der Waals surface area contributed by atoms with Gasteiger partial charge >= 0.3 is 12.4 Å². The SMILES string of the molecule is C[C@@H](NC(=O)C(F)F)[C@H]1C(=O)N2C(C(=O)O)=C(S[C@H]3C[C@@H](C(=O)N(C)C)N(C=N)C3)[C@H](C)[C@H]12. The second kappa shape index (κ2) is 9.27. The first-order valence-electron chi connectivity index (χ1n) is 10.4. The number of carboxylic acid groups (broad SMARTS) is 1. The number of likely N-dealkylation sites (N-methyl/N-ethyl adjacent to an activating group) is 1. The monoisotopic (exact) mass is 487 g/mol. The minimum Gasteiger partial charge on any atom is -0.477 e. The second-order valence-corrected chi connectivity index (χ2v) is 10.0. The van der Waals surface area contributed by atoms with Gasteiger partial charge in [-0.25, -0.2) is 4.79 Å². The number of nitrogens with one attached hydrogen (secondary N) is 2. The van der Waals surface area contributed by atoms with Crippen molar-refractivity contribution in [2.24, 2.45) is 11.8 Å². The molecule has 0 aromatic rings. The molecule has 6 atom stereocenters. The van der Waals surface area contributed by atoms with Gasteiger partial charge in [0.15, 0.2) is 0 Å². The number of fused-ring (bicyclic) bond motifs is 1. The summed E-state index contributed by atoms with van der Waals surface area (Å²) in [4.78, 5) is 53.4. The topological polar surface area (TPSA) is 134 Å². The number of β-lactam (4-membered cyclic amide) rings is 1. The van der Waals surface area contributed by atoms with E-state index in [0.717, 1.165) is 6.34 Å². The van der Waals surface area contributed by atoms with Crippen molar-refractivity contribution in [3.05, 3.63) is 10.6 Å². The van der Waals surface area contributed by atoms with Gasteiger partial charge in [0.1, 0.15) is 11.7 Å². The first-order chi connectivity index (χ1) is 15.4. The molecule has 13 heteroatoms. The van der Waals surface area contributed by atoms with Crippen LogP contribution in [0.2, 0.25) is 0 Å². The van der Waals surface area contributed by atoms with Gasteiger partial charge in [-0.2, -0.15) is 8.78 Å². The van der Waals surface area contributed by atoms with Crippen molar-refractivity contribution < 1.29 is 33.1 Å². The van der Waals surface area contributed by atoms with E-state index in [9.17, 15) is 33.1 Å². The molecule has 0 aliphatic carbocycles. The molecular formula is C20H27F2N5O5S. The lowest BCUT2D eigenvalue weighted by Gasteiger charge is -2.47. The predicted molar refractivity (Wildman–Crippen MR) is 116 cm³/mol. The van der Waals surface area contributed by atoms with Gasteiger partial charge in [0.05, 0.1) is 18.3 Å². The lowest BCUT2D eigenvalue weighted by atomic mass is 9.78. The van der Waals surface area contributed by atoms with Gasteiger partial charge in [-0.3, -0.25) is 19.8 Å². The van der Waals surface area contributed by atoms with Crippen LogP contribution in [-0.4, -0.2) is 100 Å². The van der Waals surface area contributed by atoms with E-state index in [4.69, 9.17) is 5.41 Å². The van der Waals surface area contributed by atoms with Gasteiger partial charge in [-0.15, -0.1) is 11.8 Å². The van der Waals surface area contributed by atoms with Crippen LogP contribution in [0.25, 0.3) is 0 Å². The van der Waals surface area contributed by atoms with Gasteiger partial charge in [-0.1, -0.05) is 6.92 Å². The van der Waals surface area contributed by atoms with E-state index >= 15 is 0 Å². The smallest absolute Gasteiger partial charge is 0.353 e. The van der Waals surface area contributed by atoms with Gasteiger partial charge in [0.25, 0.3) is 5.91 Å². The van der Waals surface area contributed by atoms with E-state index in [0.29, 0.717) is 17.9 Å². The van der Waals surface area contributed by atoms with Crippen LogP contribution in [0, 0.1) is 17.2 Å². The van der Waals surface area contributed by atoms with E-state index in [2.05, 4.69) is 5.32 Å². The summed E-state index contributed by atoms with van der Waals surface area (Å²) >= 11 is 1.28. The highest BCUT2D eigenvalue weighted by molar-refractivity contribution is 8.03. The first kappa shape index (κ1) is 24.9. The Bertz CT molecular complexity index is 913. The Kier molecular flexibility index (Phi) is 7.01. The Morgan fingerprint density at radius 3 is 2.48 bits per heavy atom. The Labute approximate surface area is 193 Å². The van der Waals surface area contributed by atoms with Crippen molar-refractivity contribution in [1.29, 1.82) is 5.41 Å². The third-order valence-corrected chi connectivity index (χ3v) is 7.88. The molecule has 0 radical (unpaired) electrons. The van der Waals surface area contributed by atoms with Crippen molar-refractivity contribution >= 4 is 41.8 Å². The number of amides is 3. The maximum atomic E-state index is 12.8. The van der Waals surface area contributed by atoms with Crippen LogP contribution in [0.15, 0.2) is 10.6 Å². The average Bonchev–Trinajstić information content (AvgIpc) is 3.25. The zero-order valence-electron chi connectivity index (χ0n) is 18.6. The number of rotatable bonds is 8. The number of carbonyl (C=O) groups excluding carboxylic acids is 3. The average molecular weight is 488 g/mol. The Morgan fingerprint density at radius 1 is 1.33 bits per heavy atom. The molecule has 3 N–H and O–H groups in total. The number of likely N-dealkylation sites (tertiary alicyclic amines) is 1. The van der Waals surface area contributed by atoms with Crippen LogP contribution < -0.4 is 5.32 Å². The summed E-state index contributed by atoms with van der Waals surface area (Å²) in [7, 11) is 3.25. The molecule has 0 aromatic heterocycles. The Balaban J connectivity index is 1.80. The van der Waals surface area contributed by atoms with E-state index in [1.165, 1.54) is 28.5 Å². The van der Waals surface area contributed by atoms with Crippen LogP contribution in [-0.2, 0) is 19.2 Å². The number of hydrogen-bond acceptors (Lipinski definition) is 6. The molecule has 10 nitrogen and oxygen atoms in total. The fourth-order valence-corrected chi connectivity index (χ4v) is 6.38. The lowest BCUT2D eigenvalue weighted by Crippen LogP contribution is -2.66. The molecule has 2 saturated heterocycles. The molecule has 33 heavy (non-hydrogen) atoms. The van der Waals surface area contributed by atoms with Gasteiger partial charge in [0.2, 0.25) is 11.8 Å². The van der Waals surface area contributed by atoms with Crippen LogP contribution >= 0.6 is 11.8 Å². The summed E-state index contributed by atoms with van der Waals surface area (Å²) in [5, 5.41) is 19.4. The van der Waals surface area contributed by atoms with Crippen LogP contribution in [0.5, 0.6) is 0 Å². The number of carboxylic acids is 1. The third kappa shape index (κ3) is 4.30. The Morgan fingerprint density at radius 2 is 1.97 bits per heavy atom. The number of halogens is 2. The summed E-state index contributed by atoms with van der Waals surface area (Å²) in [5.41, 5.74) is -0.144. The highest BCUT2D eigenvalue weighted by Gasteiger charge is 2.60. The predicted octanol–water partition coefficient (Wildman–Crippen LogP) is 0.400. The fourth-order valence-electron chi connectivity index (χ4n) is 4.84. The minimum atomic E-state index is -3.21. The maximum Gasteiger partial charge on any atom is 0.353 e. The summed E-state index contributed by atoms with van der Waals surface area (Å²) in [5.74, 6) is -4.65. The van der Waals surface area contributed by atoms with Gasteiger partial charge in [-0.05, 0) is 13.3 Å². The Hall–Kier alpha value is -2.70. The number of thioether (sulfide) groups is 1. The molecule has 3 aliphatic rings. The molecule has 2 fully saturated rings. The summed E-state index contributed by atoms with van der Waals surface area (Å²) in [6, 6.07) is -1.99. The van der Waals surface area contributed by atoms with Crippen molar-refractivity contribution in [3.8, 4) is 0 Å². The molecule has 0 bridgehead atoms. The molecule has 182 valence electrons. The van der Waals surface area contributed by atoms with Crippen molar-refractivity contribution in [3.63, 3.8) is 0 Å². The van der Waals surface area contributed by atoms with E-state index in [1.54, 1.807) is 25.9 Å². The van der Waals surface area contributed by atoms with Crippen molar-refractivity contribution in [1.82, 2.24) is 20.0 Å². The maximum absolute atomic E-state index is 12.8.